The summed E-state index contributed by atoms with van der Waals surface area (Å²) in [6, 6.07) is 7.00. The summed E-state index contributed by atoms with van der Waals surface area (Å²) in [4.78, 5) is 0. The number of aryl methyl sites for hydroxylation is 2. The summed E-state index contributed by atoms with van der Waals surface area (Å²) < 4.78 is 58.8. The van der Waals surface area contributed by atoms with Crippen LogP contribution in [0.3, 0.4) is 0 Å². The van der Waals surface area contributed by atoms with Gasteiger partial charge in [-0.2, -0.15) is 0 Å². The predicted molar refractivity (Wildman–Crippen MR) is 135 cm³/mol. The van der Waals surface area contributed by atoms with Crippen molar-refractivity contribution in [2.75, 3.05) is 0 Å². The maximum absolute atomic E-state index is 14.9. The third-order valence-corrected chi connectivity index (χ3v) is 8.43. The number of allylic oxidation sites excluding steroid dienone is 2. The topological polar surface area (TPSA) is 0 Å². The number of halogens is 4. The van der Waals surface area contributed by atoms with Crippen LogP contribution in [0.25, 0.3) is 5.57 Å². The Morgan fingerprint density at radius 3 is 2.06 bits per heavy atom. The number of hydrogen-bond acceptors (Lipinski definition) is 0. The van der Waals surface area contributed by atoms with E-state index in [0.29, 0.717) is 46.9 Å². The fourth-order valence-corrected chi connectivity index (χ4v) is 6.04. The minimum atomic E-state index is -0.712. The molecule has 4 rings (SSSR count). The lowest BCUT2D eigenvalue weighted by molar-refractivity contribution is 0.303. The zero-order chi connectivity index (χ0) is 24.9. The second kappa shape index (κ2) is 11.8. The van der Waals surface area contributed by atoms with Crippen LogP contribution in [0.2, 0.25) is 0 Å². The highest BCUT2D eigenvalue weighted by molar-refractivity contribution is 5.67. The van der Waals surface area contributed by atoms with Gasteiger partial charge in [0.15, 0.2) is 23.3 Å². The zero-order valence-electron chi connectivity index (χ0n) is 21.1. The van der Waals surface area contributed by atoms with Crippen LogP contribution in [0.1, 0.15) is 106 Å². The van der Waals surface area contributed by atoms with E-state index in [4.69, 9.17) is 0 Å². The van der Waals surface area contributed by atoms with E-state index in [1.165, 1.54) is 0 Å². The zero-order valence-corrected chi connectivity index (χ0v) is 21.1. The van der Waals surface area contributed by atoms with E-state index in [1.807, 2.05) is 6.92 Å². The Morgan fingerprint density at radius 2 is 1.40 bits per heavy atom. The average molecular weight is 487 g/mol. The van der Waals surface area contributed by atoms with Gasteiger partial charge in [0.2, 0.25) is 0 Å². The third kappa shape index (κ3) is 5.84. The van der Waals surface area contributed by atoms with Gasteiger partial charge in [-0.05, 0) is 104 Å². The Bertz CT molecular complexity index is 1050. The number of hydrogen-bond donors (Lipinski definition) is 0. The smallest absolute Gasteiger partial charge is 0.166 e. The first-order valence-corrected chi connectivity index (χ1v) is 13.6. The molecule has 0 aliphatic heterocycles. The average Bonchev–Trinajstić information content (AvgIpc) is 2.88. The molecule has 0 nitrogen and oxygen atoms in total. The molecule has 0 N–H and O–H groups in total. The van der Waals surface area contributed by atoms with Gasteiger partial charge in [0.25, 0.3) is 0 Å². The maximum Gasteiger partial charge on any atom is 0.166 e. The van der Waals surface area contributed by atoms with Crippen molar-refractivity contribution in [3.8, 4) is 0 Å². The van der Waals surface area contributed by atoms with Gasteiger partial charge >= 0.3 is 0 Å². The molecule has 4 heteroatoms. The fraction of sp³-hybridized carbons (Fsp3) is 0.548. The van der Waals surface area contributed by atoms with Crippen LogP contribution in [-0.2, 0) is 12.8 Å². The van der Waals surface area contributed by atoms with Crippen molar-refractivity contribution in [1.82, 2.24) is 0 Å². The molecule has 0 spiro atoms. The van der Waals surface area contributed by atoms with Crippen LogP contribution < -0.4 is 0 Å². The Kier molecular flexibility index (Phi) is 8.73. The standard InChI is InChI=1S/C31H38F4/c1-3-5-24-16-18-26(30(34)28(24)32)23-13-8-21(9-14-23)10-15-25-17-19-27(31(35)29(25)33)22-11-6-20(4-2)7-12-22/h11,16-21,23H,3-10,12-15H2,1-2H3. The third-order valence-electron chi connectivity index (χ3n) is 8.43. The molecule has 1 saturated carbocycles. The molecule has 2 aromatic rings. The molecule has 35 heavy (non-hydrogen) atoms. The highest BCUT2D eigenvalue weighted by atomic mass is 19.2. The van der Waals surface area contributed by atoms with Gasteiger partial charge in [0.1, 0.15) is 0 Å². The highest BCUT2D eigenvalue weighted by Crippen LogP contribution is 2.40. The molecule has 1 atom stereocenters. The molecule has 190 valence electrons. The summed E-state index contributed by atoms with van der Waals surface area (Å²) in [7, 11) is 0. The monoisotopic (exact) mass is 486 g/mol. The Balaban J connectivity index is 1.33. The summed E-state index contributed by atoms with van der Waals surface area (Å²) >= 11 is 0. The summed E-state index contributed by atoms with van der Waals surface area (Å²) in [6.45, 7) is 4.13. The summed E-state index contributed by atoms with van der Waals surface area (Å²) in [5, 5.41) is 0. The number of benzene rings is 2. The van der Waals surface area contributed by atoms with E-state index in [1.54, 1.807) is 24.3 Å². The molecule has 0 amide bonds. The fourth-order valence-electron chi connectivity index (χ4n) is 6.04. The largest absolute Gasteiger partial charge is 0.203 e. The SMILES string of the molecule is CCCc1ccc(C2CCC(CCc3ccc(C4=CCC(CC)CC4)c(F)c3F)CC2)c(F)c1F. The molecule has 2 aliphatic rings. The quantitative estimate of drug-likeness (QED) is 0.326. The molecular formula is C31H38F4. The van der Waals surface area contributed by atoms with Crippen molar-refractivity contribution in [1.29, 1.82) is 0 Å². The molecule has 0 heterocycles. The Morgan fingerprint density at radius 1 is 0.714 bits per heavy atom. The van der Waals surface area contributed by atoms with E-state index in [2.05, 4.69) is 13.0 Å². The Labute approximate surface area is 207 Å². The van der Waals surface area contributed by atoms with Crippen molar-refractivity contribution in [2.24, 2.45) is 11.8 Å². The van der Waals surface area contributed by atoms with Crippen LogP contribution in [0.4, 0.5) is 17.6 Å². The van der Waals surface area contributed by atoms with E-state index >= 15 is 0 Å². The molecule has 0 radical (unpaired) electrons. The molecular weight excluding hydrogens is 448 g/mol. The van der Waals surface area contributed by atoms with Crippen molar-refractivity contribution in [3.63, 3.8) is 0 Å². The van der Waals surface area contributed by atoms with Gasteiger partial charge in [-0.3, -0.25) is 0 Å². The van der Waals surface area contributed by atoms with Gasteiger partial charge in [-0.15, -0.1) is 0 Å². The van der Waals surface area contributed by atoms with E-state index in [0.717, 1.165) is 69.8 Å². The first kappa shape index (κ1) is 26.0. The minimum absolute atomic E-state index is 0.0287. The van der Waals surface area contributed by atoms with Crippen LogP contribution in [0.15, 0.2) is 30.3 Å². The van der Waals surface area contributed by atoms with Crippen LogP contribution in [0.5, 0.6) is 0 Å². The van der Waals surface area contributed by atoms with Gasteiger partial charge in [0, 0.05) is 5.56 Å². The predicted octanol–water partition coefficient (Wildman–Crippen LogP) is 9.70. The molecule has 0 saturated heterocycles. The molecule has 0 bridgehead atoms. The Hall–Kier alpha value is -2.10. The summed E-state index contributed by atoms with van der Waals surface area (Å²) in [6.07, 6.45) is 12.0. The normalized spacial score (nSPS) is 22.8. The summed E-state index contributed by atoms with van der Waals surface area (Å²) in [5.41, 5.74) is 2.73. The van der Waals surface area contributed by atoms with Gasteiger partial charge in [-0.1, -0.05) is 57.0 Å². The molecule has 1 unspecified atom stereocenters. The second-order valence-electron chi connectivity index (χ2n) is 10.6. The summed E-state index contributed by atoms with van der Waals surface area (Å²) in [5.74, 6) is -1.72. The lowest BCUT2D eigenvalue weighted by atomic mass is 9.76. The lowest BCUT2D eigenvalue weighted by Crippen LogP contribution is -2.16. The van der Waals surface area contributed by atoms with Gasteiger partial charge in [-0.25, -0.2) is 17.6 Å². The highest BCUT2D eigenvalue weighted by Gasteiger charge is 2.27. The van der Waals surface area contributed by atoms with Crippen LogP contribution in [0, 0.1) is 35.1 Å². The number of rotatable bonds is 8. The van der Waals surface area contributed by atoms with Crippen LogP contribution >= 0.6 is 0 Å². The minimum Gasteiger partial charge on any atom is -0.203 e. The van der Waals surface area contributed by atoms with Crippen LogP contribution in [-0.4, -0.2) is 0 Å². The molecule has 1 fully saturated rings. The van der Waals surface area contributed by atoms with Crippen molar-refractivity contribution < 1.29 is 17.6 Å². The first-order valence-electron chi connectivity index (χ1n) is 13.6. The van der Waals surface area contributed by atoms with Crippen molar-refractivity contribution in [3.05, 3.63) is 75.9 Å². The molecule has 0 aromatic heterocycles. The molecule has 2 aliphatic carbocycles. The molecule has 2 aromatic carbocycles. The van der Waals surface area contributed by atoms with E-state index < -0.39 is 23.3 Å². The van der Waals surface area contributed by atoms with Gasteiger partial charge in [0.05, 0.1) is 0 Å². The maximum atomic E-state index is 14.9. The van der Waals surface area contributed by atoms with Crippen molar-refractivity contribution in [2.45, 2.75) is 96.8 Å². The second-order valence-corrected chi connectivity index (χ2v) is 10.6. The van der Waals surface area contributed by atoms with E-state index in [-0.39, 0.29) is 5.92 Å². The van der Waals surface area contributed by atoms with Crippen molar-refractivity contribution >= 4 is 5.57 Å². The lowest BCUT2D eigenvalue weighted by Gasteiger charge is -2.29. The van der Waals surface area contributed by atoms with Gasteiger partial charge < -0.3 is 0 Å². The first-order chi connectivity index (χ1) is 16.9. The van der Waals surface area contributed by atoms with E-state index in [9.17, 15) is 17.6 Å².